The van der Waals surface area contributed by atoms with Gasteiger partial charge in [-0.2, -0.15) is 0 Å². The molecule has 1 amide bonds. The van der Waals surface area contributed by atoms with Gasteiger partial charge in [0.15, 0.2) is 0 Å². The number of hydrogen-bond acceptors (Lipinski definition) is 3. The number of aryl methyl sites for hydroxylation is 1. The van der Waals surface area contributed by atoms with Gasteiger partial charge in [0.2, 0.25) is 0 Å². The Morgan fingerprint density at radius 2 is 2.18 bits per heavy atom. The number of carbonyl (C=O) groups excluding carboxylic acids is 1. The number of nitrogens with one attached hydrogen (secondary N) is 1. The largest absolute Gasteiger partial charge is 0.507 e. The summed E-state index contributed by atoms with van der Waals surface area (Å²) in [6.07, 6.45) is 1.18. The molecule has 94 valence electrons. The molecule has 0 saturated carbocycles. The van der Waals surface area contributed by atoms with Crippen molar-refractivity contribution in [3.63, 3.8) is 0 Å². The highest BCUT2D eigenvalue weighted by Gasteiger charge is 2.15. The van der Waals surface area contributed by atoms with Gasteiger partial charge in [0.1, 0.15) is 5.75 Å². The number of aliphatic hydroxyl groups is 1. The van der Waals surface area contributed by atoms with E-state index >= 15 is 0 Å². The number of hydrogen-bond donors (Lipinski definition) is 3. The molecule has 1 rings (SSSR count). The van der Waals surface area contributed by atoms with Gasteiger partial charge in [-0.3, -0.25) is 4.79 Å². The summed E-state index contributed by atoms with van der Waals surface area (Å²) in [5.41, 5.74) is 1.04. The fourth-order valence-electron chi connectivity index (χ4n) is 1.63. The third kappa shape index (κ3) is 3.46. The van der Waals surface area contributed by atoms with Crippen LogP contribution in [0.4, 0.5) is 0 Å². The topological polar surface area (TPSA) is 69.6 Å². The minimum atomic E-state index is -0.307. The van der Waals surface area contributed by atoms with E-state index in [9.17, 15) is 9.90 Å². The summed E-state index contributed by atoms with van der Waals surface area (Å²) in [5, 5.41) is 21.4. The lowest BCUT2D eigenvalue weighted by atomic mass is 10.1. The average molecular weight is 237 g/mol. The van der Waals surface area contributed by atoms with Gasteiger partial charge in [0.05, 0.1) is 5.56 Å². The molecule has 0 spiro atoms. The first-order valence-electron chi connectivity index (χ1n) is 5.82. The van der Waals surface area contributed by atoms with Crippen LogP contribution in [0.1, 0.15) is 36.2 Å². The minimum absolute atomic E-state index is 0.0302. The van der Waals surface area contributed by atoms with Gasteiger partial charge in [0.25, 0.3) is 5.91 Å². The molecule has 0 heterocycles. The van der Waals surface area contributed by atoms with Gasteiger partial charge in [-0.15, -0.1) is 0 Å². The van der Waals surface area contributed by atoms with E-state index in [1.807, 2.05) is 13.8 Å². The molecule has 0 aliphatic carbocycles. The maximum Gasteiger partial charge on any atom is 0.255 e. The molecule has 4 nitrogen and oxygen atoms in total. The van der Waals surface area contributed by atoms with Crippen LogP contribution in [-0.4, -0.2) is 28.8 Å². The monoisotopic (exact) mass is 237 g/mol. The van der Waals surface area contributed by atoms with E-state index in [4.69, 9.17) is 5.11 Å². The number of carbonyl (C=O) groups is 1. The minimum Gasteiger partial charge on any atom is -0.507 e. The number of rotatable bonds is 5. The van der Waals surface area contributed by atoms with Gasteiger partial charge in [-0.05, 0) is 31.4 Å². The maximum absolute atomic E-state index is 11.9. The van der Waals surface area contributed by atoms with E-state index < -0.39 is 0 Å². The van der Waals surface area contributed by atoms with Crippen molar-refractivity contribution in [2.45, 2.75) is 32.7 Å². The van der Waals surface area contributed by atoms with E-state index in [0.717, 1.165) is 5.56 Å². The standard InChI is InChI=1S/C13H19NO3/c1-3-10-5-4-6-11(12(10)16)13(17)14-9(2)7-8-15/h4-6,9,15-16H,3,7-8H2,1-2H3,(H,14,17). The fourth-order valence-corrected chi connectivity index (χ4v) is 1.63. The van der Waals surface area contributed by atoms with Crippen LogP contribution in [-0.2, 0) is 6.42 Å². The van der Waals surface area contributed by atoms with E-state index in [-0.39, 0.29) is 29.9 Å². The molecule has 17 heavy (non-hydrogen) atoms. The van der Waals surface area contributed by atoms with Crippen LogP contribution in [0.15, 0.2) is 18.2 Å². The van der Waals surface area contributed by atoms with Gasteiger partial charge >= 0.3 is 0 Å². The lowest BCUT2D eigenvalue weighted by molar-refractivity contribution is 0.0931. The van der Waals surface area contributed by atoms with Crippen LogP contribution in [0.3, 0.4) is 0 Å². The summed E-state index contributed by atoms with van der Waals surface area (Å²) in [5.74, 6) is -0.262. The Labute approximate surface area is 101 Å². The highest BCUT2D eigenvalue weighted by molar-refractivity contribution is 5.97. The molecular weight excluding hydrogens is 218 g/mol. The number of benzene rings is 1. The van der Waals surface area contributed by atoms with Crippen molar-refractivity contribution < 1.29 is 15.0 Å². The summed E-state index contributed by atoms with van der Waals surface area (Å²) < 4.78 is 0. The predicted octanol–water partition coefficient (Wildman–Crippen LogP) is 1.46. The molecule has 1 unspecified atom stereocenters. The molecule has 1 aromatic carbocycles. The van der Waals surface area contributed by atoms with Gasteiger partial charge in [-0.25, -0.2) is 0 Å². The van der Waals surface area contributed by atoms with Gasteiger partial charge in [0, 0.05) is 12.6 Å². The molecule has 0 radical (unpaired) electrons. The third-order valence-corrected chi connectivity index (χ3v) is 2.68. The number of amides is 1. The zero-order chi connectivity index (χ0) is 12.8. The van der Waals surface area contributed by atoms with Crippen LogP contribution in [0.5, 0.6) is 5.75 Å². The lowest BCUT2D eigenvalue weighted by Gasteiger charge is -2.14. The van der Waals surface area contributed by atoms with Gasteiger partial charge < -0.3 is 15.5 Å². The Morgan fingerprint density at radius 3 is 2.76 bits per heavy atom. The molecule has 3 N–H and O–H groups in total. The van der Waals surface area contributed by atoms with Crippen molar-refractivity contribution in [2.24, 2.45) is 0 Å². The molecule has 0 fully saturated rings. The van der Waals surface area contributed by atoms with Crippen molar-refractivity contribution in [3.8, 4) is 5.75 Å². The molecule has 0 saturated heterocycles. The second-order valence-electron chi connectivity index (χ2n) is 4.05. The van der Waals surface area contributed by atoms with Crippen LogP contribution in [0.25, 0.3) is 0 Å². The number of aromatic hydroxyl groups is 1. The second-order valence-corrected chi connectivity index (χ2v) is 4.05. The Morgan fingerprint density at radius 1 is 1.47 bits per heavy atom. The van der Waals surface area contributed by atoms with Crippen LogP contribution in [0, 0.1) is 0 Å². The smallest absolute Gasteiger partial charge is 0.255 e. The lowest BCUT2D eigenvalue weighted by Crippen LogP contribution is -2.33. The Hall–Kier alpha value is -1.55. The molecule has 1 atom stereocenters. The first-order valence-corrected chi connectivity index (χ1v) is 5.82. The van der Waals surface area contributed by atoms with Crippen LogP contribution < -0.4 is 5.32 Å². The summed E-state index contributed by atoms with van der Waals surface area (Å²) in [4.78, 5) is 11.9. The van der Waals surface area contributed by atoms with Crippen molar-refractivity contribution in [3.05, 3.63) is 29.3 Å². The van der Waals surface area contributed by atoms with Crippen molar-refractivity contribution >= 4 is 5.91 Å². The van der Waals surface area contributed by atoms with Gasteiger partial charge in [-0.1, -0.05) is 19.1 Å². The Bertz CT molecular complexity index is 390. The summed E-state index contributed by atoms with van der Waals surface area (Å²) in [6.45, 7) is 3.77. The normalized spacial score (nSPS) is 12.2. The third-order valence-electron chi connectivity index (χ3n) is 2.68. The Balaban J connectivity index is 2.82. The number of phenols is 1. The van der Waals surface area contributed by atoms with E-state index in [2.05, 4.69) is 5.32 Å². The van der Waals surface area contributed by atoms with E-state index in [1.54, 1.807) is 18.2 Å². The molecule has 4 heteroatoms. The molecular formula is C13H19NO3. The highest BCUT2D eigenvalue weighted by atomic mass is 16.3. The van der Waals surface area contributed by atoms with Crippen molar-refractivity contribution in [2.75, 3.05) is 6.61 Å². The predicted molar refractivity (Wildman–Crippen MR) is 66.1 cm³/mol. The SMILES string of the molecule is CCc1cccc(C(=O)NC(C)CCO)c1O. The summed E-state index contributed by atoms with van der Waals surface area (Å²) in [7, 11) is 0. The first-order chi connectivity index (χ1) is 8.10. The molecule has 0 aromatic heterocycles. The Kier molecular flexibility index (Phi) is 4.97. The first kappa shape index (κ1) is 13.5. The van der Waals surface area contributed by atoms with Crippen LogP contribution >= 0.6 is 0 Å². The number of para-hydroxylation sites is 1. The van der Waals surface area contributed by atoms with E-state index in [0.29, 0.717) is 12.8 Å². The number of phenolic OH excluding ortho intramolecular Hbond substituents is 1. The quantitative estimate of drug-likeness (QED) is 0.726. The van der Waals surface area contributed by atoms with E-state index in [1.165, 1.54) is 0 Å². The van der Waals surface area contributed by atoms with Crippen LogP contribution in [0.2, 0.25) is 0 Å². The molecule has 0 aliphatic rings. The highest BCUT2D eigenvalue weighted by Crippen LogP contribution is 2.22. The van der Waals surface area contributed by atoms with Crippen molar-refractivity contribution in [1.82, 2.24) is 5.32 Å². The molecule has 1 aromatic rings. The van der Waals surface area contributed by atoms with Crippen molar-refractivity contribution in [1.29, 1.82) is 0 Å². The molecule has 0 aliphatic heterocycles. The fraction of sp³-hybridized carbons (Fsp3) is 0.462. The average Bonchev–Trinajstić information content (AvgIpc) is 2.29. The zero-order valence-electron chi connectivity index (χ0n) is 10.2. The summed E-state index contributed by atoms with van der Waals surface area (Å²) >= 11 is 0. The zero-order valence-corrected chi connectivity index (χ0v) is 10.2. The maximum atomic E-state index is 11.9. The number of aliphatic hydroxyl groups excluding tert-OH is 1. The summed E-state index contributed by atoms with van der Waals surface area (Å²) in [6, 6.07) is 5.03. The second kappa shape index (κ2) is 6.25. The molecule has 0 bridgehead atoms.